The van der Waals surface area contributed by atoms with Gasteiger partial charge in [0.1, 0.15) is 5.69 Å². The summed E-state index contributed by atoms with van der Waals surface area (Å²) < 4.78 is 6.05. The summed E-state index contributed by atoms with van der Waals surface area (Å²) >= 11 is 4.76. The van der Waals surface area contributed by atoms with Gasteiger partial charge in [-0.25, -0.2) is 4.98 Å². The molecule has 0 unspecified atom stereocenters. The lowest BCUT2D eigenvalue weighted by Crippen LogP contribution is -2.49. The van der Waals surface area contributed by atoms with Gasteiger partial charge in [-0.1, -0.05) is 0 Å². The minimum Gasteiger partial charge on any atom is -0.381 e. The van der Waals surface area contributed by atoms with Gasteiger partial charge in [-0.3, -0.25) is 14.5 Å². The van der Waals surface area contributed by atoms with Crippen LogP contribution in [-0.2, 0) is 15.1 Å². The lowest BCUT2D eigenvalue weighted by Gasteiger charge is -2.39. The highest BCUT2D eigenvalue weighted by Crippen LogP contribution is 2.49. The van der Waals surface area contributed by atoms with E-state index in [0.29, 0.717) is 35.7 Å². The third-order valence-electron chi connectivity index (χ3n) is 3.49. The fourth-order valence-corrected chi connectivity index (χ4v) is 4.44. The summed E-state index contributed by atoms with van der Waals surface area (Å²) in [4.78, 5) is 30.6. The molecular formula is C11H11BrN2O3S. The van der Waals surface area contributed by atoms with Crippen LogP contribution in [0.15, 0.2) is 3.92 Å². The molecule has 0 aliphatic carbocycles. The maximum absolute atomic E-state index is 12.3. The predicted molar refractivity (Wildman–Crippen MR) is 68.4 cm³/mol. The number of aromatic nitrogens is 1. The van der Waals surface area contributed by atoms with E-state index in [2.05, 4.69) is 20.9 Å². The predicted octanol–water partition coefficient (Wildman–Crippen LogP) is 1.91. The van der Waals surface area contributed by atoms with E-state index in [1.807, 2.05) is 0 Å². The maximum atomic E-state index is 12.3. The number of thiazole rings is 1. The van der Waals surface area contributed by atoms with Crippen LogP contribution in [0, 0.1) is 0 Å². The van der Waals surface area contributed by atoms with Crippen LogP contribution in [0.25, 0.3) is 0 Å². The molecule has 0 radical (unpaired) electrons. The average Bonchev–Trinajstić information content (AvgIpc) is 2.80. The number of nitrogens with zero attached hydrogens (tertiary/aromatic N) is 2. The van der Waals surface area contributed by atoms with E-state index in [4.69, 9.17) is 4.74 Å². The van der Waals surface area contributed by atoms with Gasteiger partial charge in [-0.2, -0.15) is 0 Å². The number of carbonyl (C=O) groups is 2. The van der Waals surface area contributed by atoms with Gasteiger partial charge in [0.2, 0.25) is 5.91 Å². The Balaban J connectivity index is 2.17. The molecule has 3 rings (SSSR count). The summed E-state index contributed by atoms with van der Waals surface area (Å²) in [5.41, 5.74) is -0.107. The summed E-state index contributed by atoms with van der Waals surface area (Å²) in [6, 6.07) is 0. The van der Waals surface area contributed by atoms with E-state index < -0.39 is 5.54 Å². The standard InChI is InChI=1S/C11H11BrN2O3S/c1-6(15)14-9(16)7-8(18-10(12)13-7)11(14)2-4-17-5-3-11/h2-5H2,1H3. The summed E-state index contributed by atoms with van der Waals surface area (Å²) in [6.07, 6.45) is 1.31. The van der Waals surface area contributed by atoms with Crippen molar-refractivity contribution in [2.24, 2.45) is 0 Å². The number of carbonyl (C=O) groups excluding carboxylic acids is 2. The van der Waals surface area contributed by atoms with Crippen LogP contribution in [0.3, 0.4) is 0 Å². The minimum atomic E-state index is -0.528. The molecule has 0 atom stereocenters. The molecule has 0 saturated carbocycles. The Morgan fingerprint density at radius 1 is 1.50 bits per heavy atom. The van der Waals surface area contributed by atoms with Crippen molar-refractivity contribution in [3.8, 4) is 0 Å². The van der Waals surface area contributed by atoms with Crippen LogP contribution >= 0.6 is 27.3 Å². The second kappa shape index (κ2) is 4.11. The second-order valence-corrected chi connectivity index (χ2v) is 6.72. The van der Waals surface area contributed by atoms with E-state index in [0.717, 1.165) is 4.88 Å². The van der Waals surface area contributed by atoms with E-state index >= 15 is 0 Å². The molecule has 7 heteroatoms. The van der Waals surface area contributed by atoms with Crippen LogP contribution in [0.2, 0.25) is 0 Å². The molecule has 18 heavy (non-hydrogen) atoms. The fraction of sp³-hybridized carbons (Fsp3) is 0.545. The monoisotopic (exact) mass is 330 g/mol. The Hall–Kier alpha value is -0.790. The van der Waals surface area contributed by atoms with Gasteiger partial charge in [0.15, 0.2) is 3.92 Å². The highest BCUT2D eigenvalue weighted by atomic mass is 79.9. The summed E-state index contributed by atoms with van der Waals surface area (Å²) in [5, 5.41) is 0. The third-order valence-corrected chi connectivity index (χ3v) is 5.19. The van der Waals surface area contributed by atoms with Gasteiger partial charge in [-0.05, 0) is 28.8 Å². The topological polar surface area (TPSA) is 59.5 Å². The second-order valence-electron chi connectivity index (χ2n) is 4.45. The zero-order valence-corrected chi connectivity index (χ0v) is 12.1. The first-order chi connectivity index (χ1) is 8.56. The molecule has 2 amide bonds. The summed E-state index contributed by atoms with van der Waals surface area (Å²) in [7, 11) is 0. The van der Waals surface area contributed by atoms with Gasteiger partial charge in [0.05, 0.1) is 10.4 Å². The quantitative estimate of drug-likeness (QED) is 0.729. The number of hydrogen-bond acceptors (Lipinski definition) is 5. The van der Waals surface area contributed by atoms with E-state index in [1.54, 1.807) is 0 Å². The third kappa shape index (κ3) is 1.50. The van der Waals surface area contributed by atoms with Crippen molar-refractivity contribution in [3.63, 3.8) is 0 Å². The highest BCUT2D eigenvalue weighted by molar-refractivity contribution is 9.11. The number of hydrogen-bond donors (Lipinski definition) is 0. The smallest absolute Gasteiger partial charge is 0.281 e. The Kier molecular flexibility index (Phi) is 2.80. The first-order valence-electron chi connectivity index (χ1n) is 5.66. The number of rotatable bonds is 0. The maximum Gasteiger partial charge on any atom is 0.281 e. The summed E-state index contributed by atoms with van der Waals surface area (Å²) in [5.74, 6) is -0.496. The van der Waals surface area contributed by atoms with Gasteiger partial charge in [0.25, 0.3) is 5.91 Å². The number of fused-ring (bicyclic) bond motifs is 2. The molecule has 0 bridgehead atoms. The molecule has 2 aliphatic heterocycles. The van der Waals surface area contributed by atoms with E-state index in [-0.39, 0.29) is 11.8 Å². The molecular weight excluding hydrogens is 320 g/mol. The zero-order valence-electron chi connectivity index (χ0n) is 9.73. The number of ether oxygens (including phenoxy) is 1. The highest BCUT2D eigenvalue weighted by Gasteiger charge is 2.54. The van der Waals surface area contributed by atoms with E-state index in [1.165, 1.54) is 23.2 Å². The van der Waals surface area contributed by atoms with Crippen molar-refractivity contribution in [2.75, 3.05) is 13.2 Å². The van der Waals surface area contributed by atoms with Crippen LogP contribution in [-0.4, -0.2) is 34.9 Å². The number of imide groups is 1. The van der Waals surface area contributed by atoms with Gasteiger partial charge < -0.3 is 4.74 Å². The van der Waals surface area contributed by atoms with Gasteiger partial charge in [-0.15, -0.1) is 11.3 Å². The van der Waals surface area contributed by atoms with Crippen LogP contribution < -0.4 is 0 Å². The summed E-state index contributed by atoms with van der Waals surface area (Å²) in [6.45, 7) is 2.55. The molecule has 1 spiro atoms. The molecule has 5 nitrogen and oxygen atoms in total. The average molecular weight is 331 g/mol. The van der Waals surface area contributed by atoms with Crippen molar-refractivity contribution < 1.29 is 14.3 Å². The Bertz CT molecular complexity index is 536. The van der Waals surface area contributed by atoms with Gasteiger partial charge >= 0.3 is 0 Å². The Morgan fingerprint density at radius 3 is 2.78 bits per heavy atom. The van der Waals surface area contributed by atoms with Crippen LogP contribution in [0.1, 0.15) is 35.1 Å². The molecule has 1 saturated heterocycles. The van der Waals surface area contributed by atoms with Crippen LogP contribution in [0.5, 0.6) is 0 Å². The van der Waals surface area contributed by atoms with Crippen molar-refractivity contribution in [1.29, 1.82) is 0 Å². The molecule has 0 N–H and O–H groups in total. The molecule has 3 heterocycles. The Morgan fingerprint density at radius 2 is 2.17 bits per heavy atom. The molecule has 1 aromatic heterocycles. The molecule has 1 aromatic rings. The first kappa shape index (κ1) is 12.3. The van der Waals surface area contributed by atoms with Crippen molar-refractivity contribution in [3.05, 3.63) is 14.5 Å². The van der Waals surface area contributed by atoms with Crippen LogP contribution in [0.4, 0.5) is 0 Å². The first-order valence-corrected chi connectivity index (χ1v) is 7.27. The van der Waals surface area contributed by atoms with Crippen molar-refractivity contribution in [1.82, 2.24) is 9.88 Å². The van der Waals surface area contributed by atoms with Crippen molar-refractivity contribution >= 4 is 39.1 Å². The normalized spacial score (nSPS) is 21.4. The van der Waals surface area contributed by atoms with Crippen molar-refractivity contribution in [2.45, 2.75) is 25.3 Å². The lowest BCUT2D eigenvalue weighted by atomic mass is 9.88. The number of halogens is 1. The molecule has 0 aromatic carbocycles. The number of amides is 2. The Labute approximate surface area is 116 Å². The fourth-order valence-electron chi connectivity index (χ4n) is 2.76. The minimum absolute atomic E-state index is 0.219. The molecule has 2 aliphatic rings. The zero-order chi connectivity index (χ0) is 12.9. The lowest BCUT2D eigenvalue weighted by molar-refractivity contribution is -0.134. The largest absolute Gasteiger partial charge is 0.381 e. The van der Waals surface area contributed by atoms with Gasteiger partial charge in [0, 0.05) is 20.1 Å². The SMILES string of the molecule is CC(=O)N1C(=O)c2nc(Br)sc2C12CCOCC2. The molecule has 1 fully saturated rings. The molecule has 96 valence electrons. The van der Waals surface area contributed by atoms with E-state index in [9.17, 15) is 9.59 Å².